The molecule has 0 aliphatic rings. The van der Waals surface area contributed by atoms with Gasteiger partial charge in [0.25, 0.3) is 0 Å². The molecular weight excluding hydrogens is 478 g/mol. The maximum atomic E-state index is 13.5. The van der Waals surface area contributed by atoms with E-state index in [1.807, 2.05) is 44.2 Å². The minimum atomic E-state index is -4.01. The molecule has 4 aromatic rings. The number of aryl methyl sites for hydroxylation is 3. The number of esters is 1. The van der Waals surface area contributed by atoms with E-state index in [2.05, 4.69) is 4.72 Å². The van der Waals surface area contributed by atoms with Crippen molar-refractivity contribution in [3.05, 3.63) is 105 Å². The molecule has 1 atom stereocenters. The summed E-state index contributed by atoms with van der Waals surface area (Å²) in [5, 5.41) is 0.510. The van der Waals surface area contributed by atoms with Crippen molar-refractivity contribution in [3.8, 4) is 5.75 Å². The first kappa shape index (κ1) is 25.3. The molecule has 1 heterocycles. The van der Waals surface area contributed by atoms with Gasteiger partial charge in [-0.1, -0.05) is 55.0 Å². The zero-order chi connectivity index (χ0) is 25.9. The first-order chi connectivity index (χ1) is 17.2. The van der Waals surface area contributed by atoms with Gasteiger partial charge in [0, 0.05) is 6.07 Å². The van der Waals surface area contributed by atoms with E-state index in [-0.39, 0.29) is 17.1 Å². The number of carbonyl (C=O) groups is 1. The van der Waals surface area contributed by atoms with Crippen LogP contribution in [0, 0.1) is 13.8 Å². The second-order valence-electron chi connectivity index (χ2n) is 8.68. The summed E-state index contributed by atoms with van der Waals surface area (Å²) in [5.74, 6) is -0.558. The van der Waals surface area contributed by atoms with Gasteiger partial charge in [-0.05, 0) is 67.6 Å². The molecule has 36 heavy (non-hydrogen) atoms. The molecule has 1 aromatic heterocycles. The maximum absolute atomic E-state index is 13.5. The number of benzene rings is 3. The average Bonchev–Trinajstić information content (AvgIpc) is 2.83. The minimum Gasteiger partial charge on any atom is -0.425 e. The predicted octanol–water partition coefficient (Wildman–Crippen LogP) is 4.47. The van der Waals surface area contributed by atoms with Crippen molar-refractivity contribution in [3.63, 3.8) is 0 Å². The highest BCUT2D eigenvalue weighted by atomic mass is 32.2. The van der Waals surface area contributed by atoms with Gasteiger partial charge in [0.15, 0.2) is 0 Å². The Balaban J connectivity index is 1.72. The predicted molar refractivity (Wildman–Crippen MR) is 138 cm³/mol. The Hall–Kier alpha value is -3.75. The van der Waals surface area contributed by atoms with Crippen molar-refractivity contribution in [1.82, 2.24) is 4.72 Å². The van der Waals surface area contributed by atoms with E-state index in [9.17, 15) is 18.0 Å². The van der Waals surface area contributed by atoms with Crippen molar-refractivity contribution < 1.29 is 22.4 Å². The first-order valence-electron chi connectivity index (χ1n) is 11.6. The largest absolute Gasteiger partial charge is 0.425 e. The Morgan fingerprint density at radius 3 is 2.33 bits per heavy atom. The van der Waals surface area contributed by atoms with Crippen LogP contribution in [0.2, 0.25) is 0 Å². The quantitative estimate of drug-likeness (QED) is 0.215. The number of ether oxygens (including phenoxy) is 1. The number of hydrogen-bond donors (Lipinski definition) is 1. The highest BCUT2D eigenvalue weighted by Crippen LogP contribution is 2.30. The van der Waals surface area contributed by atoms with E-state index in [0.29, 0.717) is 23.0 Å². The summed E-state index contributed by atoms with van der Waals surface area (Å²) in [6, 6.07) is 19.0. The molecule has 0 spiro atoms. The summed E-state index contributed by atoms with van der Waals surface area (Å²) in [6.45, 7) is 5.53. The Morgan fingerprint density at radius 1 is 0.972 bits per heavy atom. The smallest absolute Gasteiger partial charge is 0.336 e. The Morgan fingerprint density at radius 2 is 1.67 bits per heavy atom. The molecule has 3 aromatic carbocycles. The molecule has 4 rings (SSSR count). The zero-order valence-electron chi connectivity index (χ0n) is 20.3. The Kier molecular flexibility index (Phi) is 7.37. The highest BCUT2D eigenvalue weighted by Gasteiger charge is 2.29. The number of nitrogens with one attached hydrogen (secondary N) is 1. The van der Waals surface area contributed by atoms with Crippen LogP contribution in [-0.4, -0.2) is 20.4 Å². The van der Waals surface area contributed by atoms with Crippen LogP contribution in [-0.2, 0) is 27.7 Å². The Bertz CT molecular complexity index is 1560. The van der Waals surface area contributed by atoms with E-state index >= 15 is 0 Å². The molecule has 0 unspecified atom stereocenters. The van der Waals surface area contributed by atoms with Crippen molar-refractivity contribution in [2.24, 2.45) is 0 Å². The number of rotatable bonds is 8. The lowest BCUT2D eigenvalue weighted by atomic mass is 10.0. The molecule has 0 radical (unpaired) electrons. The fraction of sp³-hybridized carbons (Fsp3) is 0.214. The monoisotopic (exact) mass is 505 g/mol. The third-order valence-electron chi connectivity index (χ3n) is 5.82. The van der Waals surface area contributed by atoms with E-state index in [1.165, 1.54) is 18.2 Å². The molecule has 1 N–H and O–H groups in total. The van der Waals surface area contributed by atoms with Crippen LogP contribution in [0.25, 0.3) is 11.0 Å². The van der Waals surface area contributed by atoms with Crippen molar-refractivity contribution >= 4 is 27.0 Å². The van der Waals surface area contributed by atoms with Gasteiger partial charge >= 0.3 is 11.6 Å². The van der Waals surface area contributed by atoms with Crippen LogP contribution in [0.15, 0.2) is 86.9 Å². The van der Waals surface area contributed by atoms with Crippen LogP contribution >= 0.6 is 0 Å². The fourth-order valence-electron chi connectivity index (χ4n) is 4.00. The lowest BCUT2D eigenvalue weighted by Gasteiger charge is -2.19. The normalized spacial score (nSPS) is 12.4. The second kappa shape index (κ2) is 10.5. The summed E-state index contributed by atoms with van der Waals surface area (Å²) in [4.78, 5) is 25.5. The third-order valence-corrected chi connectivity index (χ3v) is 7.31. The highest BCUT2D eigenvalue weighted by molar-refractivity contribution is 7.89. The van der Waals surface area contributed by atoms with Crippen molar-refractivity contribution in [1.29, 1.82) is 0 Å². The summed E-state index contributed by atoms with van der Waals surface area (Å²) in [5.41, 5.74) is 2.89. The van der Waals surface area contributed by atoms with E-state index in [1.54, 1.807) is 31.2 Å². The van der Waals surface area contributed by atoms with Crippen LogP contribution in [0.1, 0.15) is 29.2 Å². The maximum Gasteiger partial charge on any atom is 0.336 e. The molecule has 0 amide bonds. The van der Waals surface area contributed by atoms with E-state index in [4.69, 9.17) is 9.15 Å². The molecule has 0 saturated heterocycles. The topological polar surface area (TPSA) is 103 Å². The number of carbonyl (C=O) groups excluding carboxylic acids is 1. The van der Waals surface area contributed by atoms with E-state index in [0.717, 1.165) is 16.7 Å². The SMILES string of the molecule is CCc1cc(=O)oc2cc(C)cc(OC(=O)[C@H](Cc3ccccc3)NS(=O)(=O)c3ccc(C)cc3)c12. The summed E-state index contributed by atoms with van der Waals surface area (Å²) in [7, 11) is -4.01. The molecular formula is C28H27NO6S. The molecule has 0 bridgehead atoms. The molecule has 7 nitrogen and oxygen atoms in total. The fourth-order valence-corrected chi connectivity index (χ4v) is 5.19. The van der Waals surface area contributed by atoms with E-state index < -0.39 is 27.7 Å². The Labute approximate surface area is 209 Å². The van der Waals surface area contributed by atoms with Gasteiger partial charge in [-0.25, -0.2) is 18.0 Å². The van der Waals surface area contributed by atoms with Gasteiger partial charge in [0.05, 0.1) is 10.3 Å². The summed E-state index contributed by atoms with van der Waals surface area (Å²) in [6.07, 6.45) is 0.605. The van der Waals surface area contributed by atoms with Crippen LogP contribution in [0.4, 0.5) is 0 Å². The minimum absolute atomic E-state index is 0.0509. The first-order valence-corrected chi connectivity index (χ1v) is 13.1. The summed E-state index contributed by atoms with van der Waals surface area (Å²) >= 11 is 0. The average molecular weight is 506 g/mol. The lowest BCUT2D eigenvalue weighted by Crippen LogP contribution is -2.44. The van der Waals surface area contributed by atoms with Crippen LogP contribution in [0.3, 0.4) is 0 Å². The van der Waals surface area contributed by atoms with Gasteiger partial charge in [0.2, 0.25) is 10.0 Å². The van der Waals surface area contributed by atoms with Gasteiger partial charge in [-0.2, -0.15) is 4.72 Å². The third kappa shape index (κ3) is 5.72. The van der Waals surface area contributed by atoms with Crippen LogP contribution < -0.4 is 15.1 Å². The molecule has 0 fully saturated rings. The van der Waals surface area contributed by atoms with Gasteiger partial charge < -0.3 is 9.15 Å². The van der Waals surface area contributed by atoms with Gasteiger partial charge in [-0.15, -0.1) is 0 Å². The zero-order valence-corrected chi connectivity index (χ0v) is 21.1. The van der Waals surface area contributed by atoms with Crippen molar-refractivity contribution in [2.75, 3.05) is 0 Å². The van der Waals surface area contributed by atoms with Gasteiger partial charge in [-0.3, -0.25) is 0 Å². The van der Waals surface area contributed by atoms with Crippen LogP contribution in [0.5, 0.6) is 5.75 Å². The number of hydrogen-bond acceptors (Lipinski definition) is 6. The van der Waals surface area contributed by atoms with Crippen molar-refractivity contribution in [2.45, 2.75) is 44.6 Å². The molecule has 0 aliphatic heterocycles. The molecule has 8 heteroatoms. The summed E-state index contributed by atoms with van der Waals surface area (Å²) < 4.78 is 39.9. The number of fused-ring (bicyclic) bond motifs is 1. The molecule has 186 valence electrons. The second-order valence-corrected chi connectivity index (χ2v) is 10.4. The lowest BCUT2D eigenvalue weighted by molar-refractivity contribution is -0.136. The number of sulfonamides is 1. The standard InChI is InChI=1S/C28H27NO6S/c1-4-21-17-26(30)34-24-14-19(3)15-25(27(21)24)35-28(31)23(16-20-8-6-5-7-9-20)29-36(32,33)22-12-10-18(2)11-13-22/h5-15,17,23,29H,4,16H2,1-3H3/t23-/m0/s1. The van der Waals surface area contributed by atoms with Gasteiger partial charge in [0.1, 0.15) is 17.4 Å². The molecule has 0 saturated carbocycles. The molecule has 0 aliphatic carbocycles.